The molecule has 0 radical (unpaired) electrons. The summed E-state index contributed by atoms with van der Waals surface area (Å²) in [5.41, 5.74) is 1.70. The van der Waals surface area contributed by atoms with E-state index >= 15 is 0 Å². The first-order valence-corrected chi connectivity index (χ1v) is 8.42. The van der Waals surface area contributed by atoms with Crippen LogP contribution in [0.3, 0.4) is 0 Å². The van der Waals surface area contributed by atoms with E-state index in [1.54, 1.807) is 0 Å². The predicted molar refractivity (Wildman–Crippen MR) is 88.5 cm³/mol. The summed E-state index contributed by atoms with van der Waals surface area (Å²) in [5.74, 6) is -1.27. The lowest BCUT2D eigenvalue weighted by molar-refractivity contribution is -0.141. The van der Waals surface area contributed by atoms with Gasteiger partial charge in [0.25, 0.3) is 5.91 Å². The zero-order valence-electron chi connectivity index (χ0n) is 12.8. The Kier molecular flexibility index (Phi) is 4.43. The third kappa shape index (κ3) is 3.42. The number of aromatic nitrogens is 1. The number of carbonyl (C=O) groups excluding carboxylic acids is 1. The van der Waals surface area contributed by atoms with Crippen molar-refractivity contribution >= 4 is 23.2 Å². The number of carbonyl (C=O) groups is 2. The fourth-order valence-corrected chi connectivity index (χ4v) is 3.87. The summed E-state index contributed by atoms with van der Waals surface area (Å²) in [4.78, 5) is 28.5. The van der Waals surface area contributed by atoms with E-state index in [1.807, 2.05) is 37.3 Å². The van der Waals surface area contributed by atoms with Gasteiger partial charge in [0, 0.05) is 11.6 Å². The molecule has 1 heterocycles. The lowest BCUT2D eigenvalue weighted by Crippen LogP contribution is -2.33. The highest BCUT2D eigenvalue weighted by Crippen LogP contribution is 2.29. The van der Waals surface area contributed by atoms with Crippen molar-refractivity contribution in [3.63, 3.8) is 0 Å². The molecule has 0 bridgehead atoms. The maximum atomic E-state index is 12.5. The van der Waals surface area contributed by atoms with Gasteiger partial charge in [-0.2, -0.15) is 0 Å². The minimum Gasteiger partial charge on any atom is -0.481 e. The van der Waals surface area contributed by atoms with Gasteiger partial charge in [-0.05, 0) is 26.2 Å². The maximum Gasteiger partial charge on any atom is 0.306 e. The fourth-order valence-electron chi connectivity index (χ4n) is 2.90. The molecule has 0 unspecified atom stereocenters. The van der Waals surface area contributed by atoms with E-state index in [4.69, 9.17) is 5.11 Å². The Labute approximate surface area is 138 Å². The van der Waals surface area contributed by atoms with Crippen molar-refractivity contribution in [3.05, 3.63) is 40.9 Å². The van der Waals surface area contributed by atoms with Gasteiger partial charge in [-0.25, -0.2) is 4.98 Å². The van der Waals surface area contributed by atoms with Crippen LogP contribution in [-0.4, -0.2) is 28.0 Å². The summed E-state index contributed by atoms with van der Waals surface area (Å²) < 4.78 is 0. The number of aliphatic carboxylic acids is 1. The highest BCUT2D eigenvalue weighted by molar-refractivity contribution is 7.17. The van der Waals surface area contributed by atoms with E-state index in [9.17, 15) is 9.59 Å². The number of benzene rings is 1. The standard InChI is InChI=1S/C17H18N2O3S/c1-10-14(23-16(18-10)11-5-3-2-4-6-11)15(20)19-13-8-7-12(9-13)17(21)22/h2-6,12-13H,7-9H2,1H3,(H,19,20)(H,21,22)/t12-,13+/m1/s1. The van der Waals surface area contributed by atoms with Crippen molar-refractivity contribution in [3.8, 4) is 10.6 Å². The average Bonchev–Trinajstić information content (AvgIpc) is 3.15. The van der Waals surface area contributed by atoms with Crippen LogP contribution in [0.1, 0.15) is 34.6 Å². The van der Waals surface area contributed by atoms with Gasteiger partial charge < -0.3 is 10.4 Å². The van der Waals surface area contributed by atoms with Crippen LogP contribution in [-0.2, 0) is 4.79 Å². The summed E-state index contributed by atoms with van der Waals surface area (Å²) in [7, 11) is 0. The minimum absolute atomic E-state index is 0.0646. The molecule has 0 saturated heterocycles. The molecule has 23 heavy (non-hydrogen) atoms. The molecule has 1 aromatic heterocycles. The zero-order valence-corrected chi connectivity index (χ0v) is 13.6. The van der Waals surface area contributed by atoms with E-state index < -0.39 is 5.97 Å². The van der Waals surface area contributed by atoms with Crippen LogP contribution in [0.15, 0.2) is 30.3 Å². The molecule has 1 aromatic carbocycles. The number of thiazole rings is 1. The van der Waals surface area contributed by atoms with Crippen LogP contribution in [0.5, 0.6) is 0 Å². The smallest absolute Gasteiger partial charge is 0.306 e. The number of nitrogens with zero attached hydrogens (tertiary/aromatic N) is 1. The van der Waals surface area contributed by atoms with Crippen LogP contribution in [0.2, 0.25) is 0 Å². The van der Waals surface area contributed by atoms with Gasteiger partial charge in [0.2, 0.25) is 0 Å². The highest BCUT2D eigenvalue weighted by Gasteiger charge is 2.31. The lowest BCUT2D eigenvalue weighted by Gasteiger charge is -2.11. The minimum atomic E-state index is -0.776. The molecule has 1 aliphatic rings. The Morgan fingerprint density at radius 2 is 2.00 bits per heavy atom. The van der Waals surface area contributed by atoms with Crippen LogP contribution in [0.25, 0.3) is 10.6 Å². The molecule has 1 saturated carbocycles. The summed E-state index contributed by atoms with van der Waals surface area (Å²) in [6, 6.07) is 9.69. The zero-order chi connectivity index (χ0) is 16.4. The average molecular weight is 330 g/mol. The van der Waals surface area contributed by atoms with Gasteiger partial charge in [0.1, 0.15) is 9.88 Å². The number of hydrogen-bond acceptors (Lipinski definition) is 4. The van der Waals surface area contributed by atoms with E-state index in [0.29, 0.717) is 29.8 Å². The SMILES string of the molecule is Cc1nc(-c2ccccc2)sc1C(=O)N[C@H]1CC[C@@H](C(=O)O)C1. The highest BCUT2D eigenvalue weighted by atomic mass is 32.1. The second-order valence-electron chi connectivity index (χ2n) is 5.82. The van der Waals surface area contributed by atoms with Crippen molar-refractivity contribution < 1.29 is 14.7 Å². The van der Waals surface area contributed by atoms with E-state index in [1.165, 1.54) is 11.3 Å². The van der Waals surface area contributed by atoms with Gasteiger partial charge in [-0.15, -0.1) is 11.3 Å². The summed E-state index contributed by atoms with van der Waals surface area (Å²) in [5, 5.41) is 12.8. The maximum absolute atomic E-state index is 12.5. The largest absolute Gasteiger partial charge is 0.481 e. The number of aryl methyl sites for hydroxylation is 1. The van der Waals surface area contributed by atoms with Gasteiger partial charge in [0.05, 0.1) is 11.6 Å². The summed E-state index contributed by atoms with van der Waals surface area (Å²) in [6.45, 7) is 1.83. The number of carboxylic acid groups (broad SMARTS) is 1. The number of nitrogens with one attached hydrogen (secondary N) is 1. The molecule has 1 amide bonds. The Bertz CT molecular complexity index is 727. The first kappa shape index (κ1) is 15.7. The van der Waals surface area contributed by atoms with Crippen molar-refractivity contribution in [1.29, 1.82) is 0 Å². The molecule has 1 fully saturated rings. The van der Waals surface area contributed by atoms with Gasteiger partial charge in [0.15, 0.2) is 0 Å². The monoisotopic (exact) mass is 330 g/mol. The van der Waals surface area contributed by atoms with E-state index in [0.717, 1.165) is 10.6 Å². The van der Waals surface area contributed by atoms with Gasteiger partial charge >= 0.3 is 5.97 Å². The predicted octanol–water partition coefficient (Wildman–Crippen LogP) is 3.10. The van der Waals surface area contributed by atoms with Crippen molar-refractivity contribution in [1.82, 2.24) is 10.3 Å². The van der Waals surface area contributed by atoms with Crippen molar-refractivity contribution in [2.75, 3.05) is 0 Å². The first-order chi connectivity index (χ1) is 11.0. The van der Waals surface area contributed by atoms with Crippen molar-refractivity contribution in [2.45, 2.75) is 32.2 Å². The number of hydrogen-bond donors (Lipinski definition) is 2. The molecular weight excluding hydrogens is 312 g/mol. The normalized spacial score (nSPS) is 20.4. The third-order valence-corrected chi connectivity index (χ3v) is 5.35. The number of rotatable bonds is 4. The van der Waals surface area contributed by atoms with Crippen LogP contribution in [0.4, 0.5) is 0 Å². The van der Waals surface area contributed by atoms with Crippen LogP contribution < -0.4 is 5.32 Å². The second-order valence-corrected chi connectivity index (χ2v) is 6.82. The Balaban J connectivity index is 1.71. The third-order valence-electron chi connectivity index (χ3n) is 4.14. The number of amides is 1. The molecule has 0 spiro atoms. The second kappa shape index (κ2) is 6.50. The molecule has 2 aromatic rings. The van der Waals surface area contributed by atoms with E-state index in [-0.39, 0.29) is 17.9 Å². The Morgan fingerprint density at radius 1 is 1.26 bits per heavy atom. The van der Waals surface area contributed by atoms with Crippen LogP contribution in [0, 0.1) is 12.8 Å². The molecule has 1 aliphatic carbocycles. The lowest BCUT2D eigenvalue weighted by atomic mass is 10.1. The molecule has 120 valence electrons. The van der Waals surface area contributed by atoms with Crippen LogP contribution >= 0.6 is 11.3 Å². The quantitative estimate of drug-likeness (QED) is 0.903. The van der Waals surface area contributed by atoms with Gasteiger partial charge in [-0.3, -0.25) is 9.59 Å². The number of carboxylic acids is 1. The topological polar surface area (TPSA) is 79.3 Å². The Hall–Kier alpha value is -2.21. The summed E-state index contributed by atoms with van der Waals surface area (Å²) >= 11 is 1.37. The molecule has 2 N–H and O–H groups in total. The molecular formula is C17H18N2O3S. The van der Waals surface area contributed by atoms with E-state index in [2.05, 4.69) is 10.3 Å². The van der Waals surface area contributed by atoms with Gasteiger partial charge in [-0.1, -0.05) is 30.3 Å². The Morgan fingerprint density at radius 3 is 2.65 bits per heavy atom. The first-order valence-electron chi connectivity index (χ1n) is 7.61. The fraction of sp³-hybridized carbons (Fsp3) is 0.353. The molecule has 0 aliphatic heterocycles. The molecule has 2 atom stereocenters. The summed E-state index contributed by atoms with van der Waals surface area (Å²) in [6.07, 6.45) is 1.84. The molecule has 3 rings (SSSR count). The molecule has 5 nitrogen and oxygen atoms in total. The molecule has 6 heteroatoms. The van der Waals surface area contributed by atoms with Crippen molar-refractivity contribution in [2.24, 2.45) is 5.92 Å².